The van der Waals surface area contributed by atoms with Gasteiger partial charge in [0, 0.05) is 6.08 Å². The molecule has 0 heterocycles. The van der Waals surface area contributed by atoms with E-state index in [0.717, 1.165) is 6.08 Å². The van der Waals surface area contributed by atoms with Crippen LogP contribution in [0.15, 0.2) is 12.7 Å². The lowest BCUT2D eigenvalue weighted by molar-refractivity contribution is -0.131. The maximum Gasteiger partial charge on any atom is 0.327 e. The van der Waals surface area contributed by atoms with Crippen LogP contribution in [0.2, 0.25) is 0 Å². The highest BCUT2D eigenvalue weighted by Gasteiger charge is 1.73. The summed E-state index contributed by atoms with van der Waals surface area (Å²) in [5.41, 5.74) is 0. The second-order valence-electron chi connectivity index (χ2n) is 0.648. The normalized spacial score (nSPS) is 5.50. The molecule has 0 rings (SSSR count). The minimum atomic E-state index is -0.981. The Morgan fingerprint density at radius 1 is 1.62 bits per heavy atom. The molecular formula is C4H6O4. The Bertz CT molecular complexity index is 86.0. The topological polar surface area (TPSA) is 74.6 Å². The molecule has 0 spiro atoms. The molecule has 0 aliphatic heterocycles. The van der Waals surface area contributed by atoms with E-state index in [1.807, 2.05) is 0 Å². The van der Waals surface area contributed by atoms with Gasteiger partial charge in [0.2, 0.25) is 0 Å². The Hall–Kier alpha value is -1.32. The molecule has 0 atom stereocenters. The van der Waals surface area contributed by atoms with Gasteiger partial charge in [-0.2, -0.15) is 0 Å². The molecule has 8 heavy (non-hydrogen) atoms. The number of carboxylic acid groups (broad SMARTS) is 2. The zero-order valence-electron chi connectivity index (χ0n) is 4.07. The maximum absolute atomic E-state index is 9.25. The number of carboxylic acids is 1. The summed E-state index contributed by atoms with van der Waals surface area (Å²) >= 11 is 0. The molecule has 0 radical (unpaired) electrons. The predicted octanol–water partition coefficient (Wildman–Crippen LogP) is -0.0422. The third-order valence-electron chi connectivity index (χ3n) is 0.175. The summed E-state index contributed by atoms with van der Waals surface area (Å²) in [5, 5.41) is 14.5. The summed E-state index contributed by atoms with van der Waals surface area (Å²) in [5.74, 6) is -0.981. The number of hydrogen-bond acceptors (Lipinski definition) is 2. The summed E-state index contributed by atoms with van der Waals surface area (Å²) in [6.07, 6.45) is 0.833. The highest BCUT2D eigenvalue weighted by Crippen LogP contribution is 1.54. The quantitative estimate of drug-likeness (QED) is 0.374. The molecule has 0 saturated carbocycles. The summed E-state index contributed by atoms with van der Waals surface area (Å²) in [7, 11) is 0. The van der Waals surface area contributed by atoms with Gasteiger partial charge >= 0.3 is 5.97 Å². The standard InChI is InChI=1S/C3H4O2.CH2O2/c1-2-3(4)5;2-1-3/h2H,1H2,(H,4,5);1H,(H,2,3). The van der Waals surface area contributed by atoms with Gasteiger partial charge in [0.15, 0.2) is 0 Å². The molecule has 0 bridgehead atoms. The summed E-state index contributed by atoms with van der Waals surface area (Å²) < 4.78 is 0. The van der Waals surface area contributed by atoms with Crippen LogP contribution in [0.5, 0.6) is 0 Å². The van der Waals surface area contributed by atoms with E-state index in [9.17, 15) is 4.79 Å². The van der Waals surface area contributed by atoms with Crippen molar-refractivity contribution in [1.82, 2.24) is 0 Å². The van der Waals surface area contributed by atoms with E-state index in [2.05, 4.69) is 6.58 Å². The molecule has 0 saturated heterocycles. The van der Waals surface area contributed by atoms with Gasteiger partial charge in [-0.3, -0.25) is 4.79 Å². The maximum atomic E-state index is 9.25. The van der Waals surface area contributed by atoms with Gasteiger partial charge < -0.3 is 10.2 Å². The highest BCUT2D eigenvalue weighted by molar-refractivity contribution is 5.78. The Kier molecular flexibility index (Phi) is 11.3. The summed E-state index contributed by atoms with van der Waals surface area (Å²) in [6.45, 7) is 2.71. The van der Waals surface area contributed by atoms with Crippen LogP contribution in [0.1, 0.15) is 0 Å². The van der Waals surface area contributed by atoms with Crippen molar-refractivity contribution >= 4 is 12.4 Å². The fourth-order valence-electron chi connectivity index (χ4n) is 0. The fourth-order valence-corrected chi connectivity index (χ4v) is 0. The zero-order chi connectivity index (χ0) is 6.99. The predicted molar refractivity (Wildman–Crippen MR) is 26.5 cm³/mol. The Balaban J connectivity index is 0. The van der Waals surface area contributed by atoms with Crippen LogP contribution in [-0.4, -0.2) is 22.7 Å². The molecule has 0 fully saturated rings. The Labute approximate surface area is 46.1 Å². The number of aliphatic carboxylic acids is 1. The third kappa shape index (κ3) is 137. The van der Waals surface area contributed by atoms with Crippen molar-refractivity contribution in [3.05, 3.63) is 12.7 Å². The van der Waals surface area contributed by atoms with Crippen molar-refractivity contribution in [3.8, 4) is 0 Å². The van der Waals surface area contributed by atoms with Gasteiger partial charge in [0.25, 0.3) is 6.47 Å². The van der Waals surface area contributed by atoms with Gasteiger partial charge in [0.1, 0.15) is 0 Å². The first kappa shape index (κ1) is 9.84. The first-order chi connectivity index (χ1) is 3.68. The van der Waals surface area contributed by atoms with Gasteiger partial charge in [-0.15, -0.1) is 0 Å². The largest absolute Gasteiger partial charge is 0.483 e. The van der Waals surface area contributed by atoms with Crippen molar-refractivity contribution in [2.24, 2.45) is 0 Å². The van der Waals surface area contributed by atoms with Crippen molar-refractivity contribution < 1.29 is 19.8 Å². The molecule has 4 heteroatoms. The van der Waals surface area contributed by atoms with Crippen LogP contribution in [0.3, 0.4) is 0 Å². The van der Waals surface area contributed by atoms with E-state index >= 15 is 0 Å². The molecule has 46 valence electrons. The monoisotopic (exact) mass is 118 g/mol. The smallest absolute Gasteiger partial charge is 0.327 e. The van der Waals surface area contributed by atoms with Gasteiger partial charge in [-0.1, -0.05) is 6.58 Å². The van der Waals surface area contributed by atoms with Crippen LogP contribution in [0.25, 0.3) is 0 Å². The molecule has 0 amide bonds. The molecule has 0 aromatic rings. The van der Waals surface area contributed by atoms with Gasteiger partial charge in [-0.25, -0.2) is 4.79 Å². The molecule has 0 aromatic heterocycles. The minimum Gasteiger partial charge on any atom is -0.483 e. The average Bonchev–Trinajstić information content (AvgIpc) is 1.69. The molecule has 0 aromatic carbocycles. The second-order valence-corrected chi connectivity index (χ2v) is 0.648. The average molecular weight is 118 g/mol. The van der Waals surface area contributed by atoms with Gasteiger partial charge in [-0.05, 0) is 0 Å². The first-order valence-electron chi connectivity index (χ1n) is 1.62. The second kappa shape index (κ2) is 9.19. The fraction of sp³-hybridized carbons (Fsp3) is 0. The Morgan fingerprint density at radius 2 is 1.75 bits per heavy atom. The molecule has 0 aliphatic carbocycles. The van der Waals surface area contributed by atoms with E-state index in [-0.39, 0.29) is 6.47 Å². The van der Waals surface area contributed by atoms with E-state index in [1.54, 1.807) is 0 Å². The van der Waals surface area contributed by atoms with Crippen molar-refractivity contribution in [2.45, 2.75) is 0 Å². The Morgan fingerprint density at radius 3 is 1.75 bits per heavy atom. The lowest BCUT2D eigenvalue weighted by Gasteiger charge is -1.64. The lowest BCUT2D eigenvalue weighted by atomic mass is 10.7. The van der Waals surface area contributed by atoms with Crippen LogP contribution >= 0.6 is 0 Å². The van der Waals surface area contributed by atoms with Crippen LogP contribution in [-0.2, 0) is 9.59 Å². The molecule has 0 unspecified atom stereocenters. The molecular weight excluding hydrogens is 112 g/mol. The van der Waals surface area contributed by atoms with E-state index in [0.29, 0.717) is 0 Å². The summed E-state index contributed by atoms with van der Waals surface area (Å²) in [4.78, 5) is 17.6. The highest BCUT2D eigenvalue weighted by atomic mass is 16.4. The minimum absolute atomic E-state index is 0.250. The number of carbonyl (C=O) groups is 2. The number of hydrogen-bond donors (Lipinski definition) is 2. The molecule has 0 aliphatic rings. The third-order valence-corrected chi connectivity index (χ3v) is 0.175. The zero-order valence-corrected chi connectivity index (χ0v) is 4.07. The first-order valence-corrected chi connectivity index (χ1v) is 1.62. The van der Waals surface area contributed by atoms with E-state index in [1.165, 1.54) is 0 Å². The van der Waals surface area contributed by atoms with Crippen molar-refractivity contribution in [1.29, 1.82) is 0 Å². The van der Waals surface area contributed by atoms with E-state index < -0.39 is 5.97 Å². The van der Waals surface area contributed by atoms with Gasteiger partial charge in [0.05, 0.1) is 0 Å². The SMILES string of the molecule is C=CC(=O)O.O=CO. The molecule has 4 nitrogen and oxygen atoms in total. The van der Waals surface area contributed by atoms with Crippen LogP contribution in [0.4, 0.5) is 0 Å². The molecule has 2 N–H and O–H groups in total. The van der Waals surface area contributed by atoms with Crippen molar-refractivity contribution in [3.63, 3.8) is 0 Å². The van der Waals surface area contributed by atoms with Crippen LogP contribution < -0.4 is 0 Å². The van der Waals surface area contributed by atoms with Crippen molar-refractivity contribution in [2.75, 3.05) is 0 Å². The lowest BCUT2D eigenvalue weighted by Crippen LogP contribution is -1.82. The van der Waals surface area contributed by atoms with Crippen LogP contribution in [0, 0.1) is 0 Å². The number of rotatable bonds is 1. The van der Waals surface area contributed by atoms with E-state index in [4.69, 9.17) is 15.0 Å². The summed E-state index contributed by atoms with van der Waals surface area (Å²) in [6, 6.07) is 0.